The lowest BCUT2D eigenvalue weighted by Gasteiger charge is -2.24. The van der Waals surface area contributed by atoms with E-state index in [1.807, 2.05) is 36.4 Å². The van der Waals surface area contributed by atoms with Crippen molar-refractivity contribution in [3.8, 4) is 0 Å². The van der Waals surface area contributed by atoms with Crippen LogP contribution in [0.5, 0.6) is 0 Å². The summed E-state index contributed by atoms with van der Waals surface area (Å²) in [6.45, 7) is 0.413. The van der Waals surface area contributed by atoms with Gasteiger partial charge in [0.2, 0.25) is 0 Å². The summed E-state index contributed by atoms with van der Waals surface area (Å²) in [5.74, 6) is 0.316. The van der Waals surface area contributed by atoms with E-state index in [2.05, 4.69) is 24.3 Å². The summed E-state index contributed by atoms with van der Waals surface area (Å²) >= 11 is 0. The molecule has 2 aromatic carbocycles. The van der Waals surface area contributed by atoms with Crippen LogP contribution in [0.3, 0.4) is 0 Å². The first-order valence-corrected chi connectivity index (χ1v) is 6.66. The van der Waals surface area contributed by atoms with Gasteiger partial charge in [-0.1, -0.05) is 60.7 Å². The van der Waals surface area contributed by atoms with E-state index >= 15 is 0 Å². The van der Waals surface area contributed by atoms with Crippen molar-refractivity contribution in [3.63, 3.8) is 0 Å². The molecule has 0 amide bonds. The number of allylic oxidation sites excluding steroid dienone is 1. The maximum absolute atomic E-state index is 10.2. The standard InChI is InChI=1S/C18H16O2/c19-17-11-12-20-13-16(17)18(14-7-3-1-4-8-14)15-9-5-2-6-10-15/h1-12,18-19H,13H2. The third-order valence-electron chi connectivity index (χ3n) is 3.50. The van der Waals surface area contributed by atoms with Gasteiger partial charge in [-0.15, -0.1) is 0 Å². The Morgan fingerprint density at radius 1 is 0.850 bits per heavy atom. The van der Waals surface area contributed by atoms with Gasteiger partial charge in [0.05, 0.1) is 6.26 Å². The summed E-state index contributed by atoms with van der Waals surface area (Å²) in [7, 11) is 0. The van der Waals surface area contributed by atoms with Crippen molar-refractivity contribution in [3.05, 3.63) is 95.5 Å². The normalized spacial score (nSPS) is 14.4. The summed E-state index contributed by atoms with van der Waals surface area (Å²) in [5, 5.41) is 10.2. The first-order chi connectivity index (χ1) is 9.86. The van der Waals surface area contributed by atoms with Crippen molar-refractivity contribution >= 4 is 0 Å². The molecule has 1 N–H and O–H groups in total. The minimum atomic E-state index is 0.0161. The van der Waals surface area contributed by atoms with Crippen molar-refractivity contribution in [2.75, 3.05) is 6.61 Å². The average molecular weight is 264 g/mol. The van der Waals surface area contributed by atoms with E-state index in [-0.39, 0.29) is 5.92 Å². The van der Waals surface area contributed by atoms with E-state index in [1.165, 1.54) is 6.26 Å². The monoisotopic (exact) mass is 264 g/mol. The minimum Gasteiger partial charge on any atom is -0.508 e. The Balaban J connectivity index is 2.12. The molecule has 0 aromatic heterocycles. The number of benzene rings is 2. The molecule has 0 atom stereocenters. The zero-order valence-electron chi connectivity index (χ0n) is 11.1. The fourth-order valence-corrected chi connectivity index (χ4v) is 2.55. The van der Waals surface area contributed by atoms with E-state index in [4.69, 9.17) is 4.74 Å². The molecule has 0 saturated heterocycles. The van der Waals surface area contributed by atoms with Crippen molar-refractivity contribution in [2.45, 2.75) is 5.92 Å². The third-order valence-corrected chi connectivity index (χ3v) is 3.50. The Labute approximate surface area is 118 Å². The Hall–Kier alpha value is -2.48. The Morgan fingerprint density at radius 3 is 1.90 bits per heavy atom. The smallest absolute Gasteiger partial charge is 0.122 e. The number of rotatable bonds is 3. The fourth-order valence-electron chi connectivity index (χ4n) is 2.55. The van der Waals surface area contributed by atoms with Gasteiger partial charge < -0.3 is 9.84 Å². The number of hydrogen-bond donors (Lipinski definition) is 1. The SMILES string of the molecule is OC1=C(C(c2ccccc2)c2ccccc2)COC=C1. The predicted octanol–water partition coefficient (Wildman–Crippen LogP) is 4.17. The van der Waals surface area contributed by atoms with Crippen LogP contribution >= 0.6 is 0 Å². The topological polar surface area (TPSA) is 29.5 Å². The number of aliphatic hydroxyl groups excluding tert-OH is 1. The van der Waals surface area contributed by atoms with Gasteiger partial charge in [-0.05, 0) is 11.1 Å². The highest BCUT2D eigenvalue weighted by molar-refractivity contribution is 5.44. The van der Waals surface area contributed by atoms with Crippen LogP contribution in [0, 0.1) is 0 Å². The summed E-state index contributed by atoms with van der Waals surface area (Å²) in [6.07, 6.45) is 3.14. The molecule has 1 heterocycles. The fraction of sp³-hybridized carbons (Fsp3) is 0.111. The molecule has 0 saturated carbocycles. The average Bonchev–Trinajstić information content (AvgIpc) is 2.52. The molecule has 0 bridgehead atoms. The summed E-state index contributed by atoms with van der Waals surface area (Å²) in [4.78, 5) is 0. The van der Waals surface area contributed by atoms with Crippen LogP contribution in [-0.2, 0) is 4.74 Å². The maximum atomic E-state index is 10.2. The zero-order chi connectivity index (χ0) is 13.8. The molecule has 0 spiro atoms. The highest BCUT2D eigenvalue weighted by atomic mass is 16.5. The first kappa shape index (κ1) is 12.5. The lowest BCUT2D eigenvalue weighted by Crippen LogP contribution is -2.13. The lowest BCUT2D eigenvalue weighted by atomic mass is 9.84. The van der Waals surface area contributed by atoms with E-state index in [0.717, 1.165) is 16.7 Å². The van der Waals surface area contributed by atoms with Crippen molar-refractivity contribution in [2.24, 2.45) is 0 Å². The van der Waals surface area contributed by atoms with Crippen LogP contribution in [0.25, 0.3) is 0 Å². The van der Waals surface area contributed by atoms with Crippen molar-refractivity contribution in [1.29, 1.82) is 0 Å². The lowest BCUT2D eigenvalue weighted by molar-refractivity contribution is 0.253. The molecule has 1 aliphatic heterocycles. The van der Waals surface area contributed by atoms with Crippen LogP contribution in [0.1, 0.15) is 17.0 Å². The molecule has 0 unspecified atom stereocenters. The molecular formula is C18H16O2. The quantitative estimate of drug-likeness (QED) is 0.901. The molecule has 0 fully saturated rings. The second-order valence-electron chi connectivity index (χ2n) is 4.78. The largest absolute Gasteiger partial charge is 0.508 e. The molecule has 100 valence electrons. The van der Waals surface area contributed by atoms with Crippen LogP contribution in [0.2, 0.25) is 0 Å². The van der Waals surface area contributed by atoms with Crippen LogP contribution in [-0.4, -0.2) is 11.7 Å². The van der Waals surface area contributed by atoms with E-state index in [9.17, 15) is 5.11 Å². The summed E-state index contributed by atoms with van der Waals surface area (Å²) < 4.78 is 5.38. The van der Waals surface area contributed by atoms with Gasteiger partial charge in [-0.2, -0.15) is 0 Å². The van der Waals surface area contributed by atoms with Gasteiger partial charge in [0.15, 0.2) is 0 Å². The minimum absolute atomic E-state index is 0.0161. The Morgan fingerprint density at radius 2 is 1.40 bits per heavy atom. The van der Waals surface area contributed by atoms with Gasteiger partial charge in [0.1, 0.15) is 12.4 Å². The summed E-state index contributed by atoms with van der Waals surface area (Å²) in [5.41, 5.74) is 3.20. The maximum Gasteiger partial charge on any atom is 0.122 e. The predicted molar refractivity (Wildman–Crippen MR) is 79.5 cm³/mol. The van der Waals surface area contributed by atoms with E-state index < -0.39 is 0 Å². The summed E-state index contributed by atoms with van der Waals surface area (Å²) in [6, 6.07) is 20.4. The first-order valence-electron chi connectivity index (χ1n) is 6.66. The molecule has 3 rings (SSSR count). The number of ether oxygens (including phenoxy) is 1. The van der Waals surface area contributed by atoms with Gasteiger partial charge in [-0.3, -0.25) is 0 Å². The van der Waals surface area contributed by atoms with E-state index in [1.54, 1.807) is 6.08 Å². The zero-order valence-corrected chi connectivity index (χ0v) is 11.1. The Bertz CT molecular complexity index is 587. The third kappa shape index (κ3) is 2.45. The molecule has 20 heavy (non-hydrogen) atoms. The van der Waals surface area contributed by atoms with Crippen LogP contribution in [0.15, 0.2) is 84.3 Å². The number of hydrogen-bond acceptors (Lipinski definition) is 2. The molecule has 2 heteroatoms. The van der Waals surface area contributed by atoms with Crippen LogP contribution < -0.4 is 0 Å². The van der Waals surface area contributed by atoms with Crippen molar-refractivity contribution < 1.29 is 9.84 Å². The van der Waals surface area contributed by atoms with Crippen LogP contribution in [0.4, 0.5) is 0 Å². The molecule has 0 aliphatic carbocycles. The van der Waals surface area contributed by atoms with Gasteiger partial charge in [-0.25, -0.2) is 0 Å². The molecule has 1 aliphatic rings. The highest BCUT2D eigenvalue weighted by Crippen LogP contribution is 2.34. The molecule has 2 aromatic rings. The molecular weight excluding hydrogens is 248 g/mol. The second kappa shape index (κ2) is 5.66. The second-order valence-corrected chi connectivity index (χ2v) is 4.78. The molecule has 2 nitrogen and oxygen atoms in total. The Kier molecular flexibility index (Phi) is 3.55. The molecule has 0 radical (unpaired) electrons. The number of aliphatic hydroxyl groups is 1. The van der Waals surface area contributed by atoms with E-state index in [0.29, 0.717) is 12.4 Å². The van der Waals surface area contributed by atoms with Gasteiger partial charge in [0, 0.05) is 17.6 Å². The van der Waals surface area contributed by atoms with Gasteiger partial charge >= 0.3 is 0 Å². The van der Waals surface area contributed by atoms with Gasteiger partial charge in [0.25, 0.3) is 0 Å². The van der Waals surface area contributed by atoms with Crippen molar-refractivity contribution in [1.82, 2.24) is 0 Å². The highest BCUT2D eigenvalue weighted by Gasteiger charge is 2.23.